The van der Waals surface area contributed by atoms with Crippen molar-refractivity contribution in [1.82, 2.24) is 10.2 Å². The molecule has 2 saturated heterocycles. The van der Waals surface area contributed by atoms with Gasteiger partial charge in [0.15, 0.2) is 0 Å². The second-order valence-corrected chi connectivity index (χ2v) is 6.52. The summed E-state index contributed by atoms with van der Waals surface area (Å²) >= 11 is 1.56. The van der Waals surface area contributed by atoms with Crippen LogP contribution in [0.1, 0.15) is 18.1 Å². The zero-order chi connectivity index (χ0) is 15.9. The van der Waals surface area contributed by atoms with Crippen LogP contribution in [0, 0.1) is 11.6 Å². The minimum atomic E-state index is -1.48. The predicted octanol–water partition coefficient (Wildman–Crippen LogP) is 1.43. The van der Waals surface area contributed by atoms with E-state index in [1.165, 1.54) is 0 Å². The highest BCUT2D eigenvalue weighted by atomic mass is 32.2. The monoisotopic (exact) mass is 328 g/mol. The van der Waals surface area contributed by atoms with Gasteiger partial charge in [0.05, 0.1) is 6.54 Å². The first kappa shape index (κ1) is 15.2. The fourth-order valence-corrected chi connectivity index (χ4v) is 4.04. The summed E-state index contributed by atoms with van der Waals surface area (Å²) in [4.78, 5) is 25.3. The molecule has 2 unspecified atom stereocenters. The minimum Gasteiger partial charge on any atom is -0.386 e. The molecule has 0 aliphatic carbocycles. The van der Waals surface area contributed by atoms with Crippen LogP contribution in [0.25, 0.3) is 0 Å². The molecule has 1 aromatic carbocycles. The lowest BCUT2D eigenvalue weighted by Gasteiger charge is -2.21. The zero-order valence-electron chi connectivity index (χ0n) is 11.5. The van der Waals surface area contributed by atoms with Crippen molar-refractivity contribution in [3.63, 3.8) is 0 Å². The van der Waals surface area contributed by atoms with Gasteiger partial charge in [-0.05, 0) is 30.4 Å². The molecule has 1 aromatic rings. The maximum absolute atomic E-state index is 13.6. The Labute approximate surface area is 129 Å². The second-order valence-electron chi connectivity index (χ2n) is 5.41. The highest BCUT2D eigenvalue weighted by molar-refractivity contribution is 7.99. The molecule has 22 heavy (non-hydrogen) atoms. The Morgan fingerprint density at radius 3 is 2.86 bits per heavy atom. The molecule has 2 N–H and O–H groups in total. The number of aliphatic hydroxyl groups excluding tert-OH is 1. The van der Waals surface area contributed by atoms with E-state index in [4.69, 9.17) is 0 Å². The Hall–Kier alpha value is -1.67. The first-order valence-electron chi connectivity index (χ1n) is 6.78. The number of urea groups is 1. The summed E-state index contributed by atoms with van der Waals surface area (Å²) in [5.41, 5.74) is -1.19. The number of halogens is 2. The van der Waals surface area contributed by atoms with Crippen molar-refractivity contribution in [2.75, 3.05) is 18.1 Å². The number of benzene rings is 1. The van der Waals surface area contributed by atoms with Gasteiger partial charge in [-0.1, -0.05) is 0 Å². The van der Waals surface area contributed by atoms with E-state index in [9.17, 15) is 23.5 Å². The second kappa shape index (κ2) is 5.51. The van der Waals surface area contributed by atoms with E-state index in [0.29, 0.717) is 12.2 Å². The molecule has 0 aromatic heterocycles. The quantitative estimate of drug-likeness (QED) is 0.824. The van der Waals surface area contributed by atoms with Gasteiger partial charge in [-0.3, -0.25) is 9.69 Å². The van der Waals surface area contributed by atoms with Crippen molar-refractivity contribution in [2.45, 2.75) is 18.1 Å². The van der Waals surface area contributed by atoms with Gasteiger partial charge < -0.3 is 10.4 Å². The first-order valence-corrected chi connectivity index (χ1v) is 7.93. The normalized spacial score (nSPS) is 25.9. The number of carbonyl (C=O) groups excluding carboxylic acids is 2. The molecule has 1 spiro atoms. The van der Waals surface area contributed by atoms with Gasteiger partial charge >= 0.3 is 6.03 Å². The Kier molecular flexibility index (Phi) is 3.82. The third kappa shape index (κ3) is 2.46. The molecule has 2 fully saturated rings. The summed E-state index contributed by atoms with van der Waals surface area (Å²) in [5, 5.41) is 12.7. The van der Waals surface area contributed by atoms with Crippen molar-refractivity contribution in [3.05, 3.63) is 35.4 Å². The molecule has 2 heterocycles. The van der Waals surface area contributed by atoms with Crippen LogP contribution in [0.15, 0.2) is 18.2 Å². The number of rotatable bonds is 3. The molecule has 3 amide bonds. The van der Waals surface area contributed by atoms with Crippen molar-refractivity contribution in [1.29, 1.82) is 0 Å². The SMILES string of the molecule is O=C1NC2(CCSC2)C(=O)N1CC(O)c1cc(F)ccc1F. The van der Waals surface area contributed by atoms with Crippen molar-refractivity contribution < 1.29 is 23.5 Å². The van der Waals surface area contributed by atoms with E-state index in [2.05, 4.69) is 5.32 Å². The number of carbonyl (C=O) groups is 2. The lowest BCUT2D eigenvalue weighted by atomic mass is 9.99. The Morgan fingerprint density at radius 2 is 2.18 bits per heavy atom. The number of nitrogens with zero attached hydrogens (tertiary/aromatic N) is 1. The van der Waals surface area contributed by atoms with E-state index in [1.54, 1.807) is 11.8 Å². The van der Waals surface area contributed by atoms with Gasteiger partial charge in [0, 0.05) is 11.3 Å². The molecule has 2 aliphatic rings. The van der Waals surface area contributed by atoms with Crippen molar-refractivity contribution in [2.24, 2.45) is 0 Å². The Morgan fingerprint density at radius 1 is 1.41 bits per heavy atom. The van der Waals surface area contributed by atoms with Gasteiger partial charge in [-0.15, -0.1) is 0 Å². The lowest BCUT2D eigenvalue weighted by molar-refractivity contribution is -0.131. The molecular formula is C14H14F2N2O3S. The maximum atomic E-state index is 13.6. The summed E-state index contributed by atoms with van der Waals surface area (Å²) in [5.74, 6) is -0.652. The number of hydrogen-bond acceptors (Lipinski definition) is 4. The number of thioether (sulfide) groups is 1. The van der Waals surface area contributed by atoms with E-state index in [1.807, 2.05) is 0 Å². The molecule has 0 bridgehead atoms. The molecule has 0 saturated carbocycles. The summed E-state index contributed by atoms with van der Waals surface area (Å²) in [6, 6.07) is 2.08. The molecule has 2 aliphatic heterocycles. The van der Waals surface area contributed by atoms with Crippen LogP contribution >= 0.6 is 11.8 Å². The van der Waals surface area contributed by atoms with Crippen LogP contribution < -0.4 is 5.32 Å². The van der Waals surface area contributed by atoms with E-state index < -0.39 is 41.8 Å². The predicted molar refractivity (Wildman–Crippen MR) is 76.2 cm³/mol. The highest BCUT2D eigenvalue weighted by Crippen LogP contribution is 2.34. The van der Waals surface area contributed by atoms with Crippen molar-refractivity contribution in [3.8, 4) is 0 Å². The van der Waals surface area contributed by atoms with Crippen molar-refractivity contribution >= 4 is 23.7 Å². The fraction of sp³-hybridized carbons (Fsp3) is 0.429. The molecule has 118 valence electrons. The maximum Gasteiger partial charge on any atom is 0.325 e. The number of imide groups is 1. The average molecular weight is 328 g/mol. The van der Waals surface area contributed by atoms with E-state index >= 15 is 0 Å². The number of nitrogens with one attached hydrogen (secondary N) is 1. The molecular weight excluding hydrogens is 314 g/mol. The number of amides is 3. The Bertz CT molecular complexity index is 635. The summed E-state index contributed by atoms with van der Waals surface area (Å²) in [6.07, 6.45) is -0.946. The van der Waals surface area contributed by atoms with Crippen LogP contribution in [-0.4, -0.2) is 45.5 Å². The number of hydrogen-bond donors (Lipinski definition) is 2. The largest absolute Gasteiger partial charge is 0.386 e. The van der Waals surface area contributed by atoms with Gasteiger partial charge in [-0.2, -0.15) is 11.8 Å². The zero-order valence-corrected chi connectivity index (χ0v) is 12.3. The van der Waals surface area contributed by atoms with Gasteiger partial charge in [0.1, 0.15) is 23.3 Å². The van der Waals surface area contributed by atoms with Crippen LogP contribution in [-0.2, 0) is 4.79 Å². The standard InChI is InChI=1S/C14H14F2N2O3S/c15-8-1-2-10(16)9(5-8)11(19)6-18-12(20)14(17-13(18)21)3-4-22-7-14/h1-2,5,11,19H,3-4,6-7H2,(H,17,21). The third-order valence-electron chi connectivity index (χ3n) is 3.94. The van der Waals surface area contributed by atoms with Gasteiger partial charge in [0.25, 0.3) is 5.91 Å². The summed E-state index contributed by atoms with van der Waals surface area (Å²) in [7, 11) is 0. The van der Waals surface area contributed by atoms with Crippen LogP contribution in [0.3, 0.4) is 0 Å². The summed E-state index contributed by atoms with van der Waals surface area (Å²) < 4.78 is 26.8. The van der Waals surface area contributed by atoms with Crippen LogP contribution in [0.2, 0.25) is 0 Å². The average Bonchev–Trinajstić information content (AvgIpc) is 3.03. The number of β-amino-alcohol motifs (C(OH)–C–C–N with tert-alkyl or cyclic N) is 1. The fourth-order valence-electron chi connectivity index (χ4n) is 2.72. The number of aliphatic hydroxyl groups is 1. The smallest absolute Gasteiger partial charge is 0.325 e. The first-order chi connectivity index (χ1) is 10.4. The molecule has 3 rings (SSSR count). The molecule has 8 heteroatoms. The van der Waals surface area contributed by atoms with Gasteiger partial charge in [0.2, 0.25) is 0 Å². The van der Waals surface area contributed by atoms with E-state index in [-0.39, 0.29) is 5.56 Å². The topological polar surface area (TPSA) is 69.6 Å². The van der Waals surface area contributed by atoms with E-state index in [0.717, 1.165) is 28.9 Å². The molecule has 2 atom stereocenters. The molecule has 5 nitrogen and oxygen atoms in total. The summed E-state index contributed by atoms with van der Waals surface area (Å²) in [6.45, 7) is -0.405. The third-order valence-corrected chi connectivity index (χ3v) is 5.13. The lowest BCUT2D eigenvalue weighted by Crippen LogP contribution is -2.47. The molecule has 0 radical (unpaired) electrons. The van der Waals surface area contributed by atoms with Crippen LogP contribution in [0.5, 0.6) is 0 Å². The highest BCUT2D eigenvalue weighted by Gasteiger charge is 2.53. The van der Waals surface area contributed by atoms with Gasteiger partial charge in [-0.25, -0.2) is 13.6 Å². The minimum absolute atomic E-state index is 0.276. The Balaban J connectivity index is 1.79. The van der Waals surface area contributed by atoms with Crippen LogP contribution in [0.4, 0.5) is 13.6 Å².